The van der Waals surface area contributed by atoms with Gasteiger partial charge < -0.3 is 68.2 Å². The molecule has 0 saturated heterocycles. The maximum absolute atomic E-state index is 14.4. The highest BCUT2D eigenvalue weighted by atomic mass is 32.2. The third-order valence-electron chi connectivity index (χ3n) is 13.1. The Labute approximate surface area is 438 Å². The second-order valence-corrected chi connectivity index (χ2v) is 34.3. The molecule has 0 fully saturated rings. The molecule has 0 radical (unpaired) electrons. The number of carbonyl (C=O) groups is 1. The first kappa shape index (κ1) is 56.6. The Hall–Kier alpha value is -5.09. The van der Waals surface area contributed by atoms with Crippen LogP contribution in [0.3, 0.4) is 0 Å². The Morgan fingerprint density at radius 1 is 0.703 bits per heavy atom. The fourth-order valence-electron chi connectivity index (χ4n) is 8.86. The molecule has 3 aromatic carbocycles. The van der Waals surface area contributed by atoms with Crippen molar-refractivity contribution in [1.82, 2.24) is 9.80 Å². The largest absolute Gasteiger partial charge is 0.534 e. The topological polar surface area (TPSA) is 195 Å². The van der Waals surface area contributed by atoms with Crippen LogP contribution in [-0.4, -0.2) is 140 Å². The molecule has 1 amide bonds. The summed E-state index contributed by atoms with van der Waals surface area (Å²) < 4.78 is 105. The molecular formula is C50H68F3N5O12S2Si2. The van der Waals surface area contributed by atoms with Crippen LogP contribution in [0.1, 0.15) is 53.6 Å². The Morgan fingerprint density at radius 3 is 1.70 bits per heavy atom. The van der Waals surface area contributed by atoms with Gasteiger partial charge >= 0.3 is 15.6 Å². The highest BCUT2D eigenvalue weighted by Crippen LogP contribution is 2.45. The van der Waals surface area contributed by atoms with Gasteiger partial charge in [0.15, 0.2) is 23.0 Å². The van der Waals surface area contributed by atoms with Crippen molar-refractivity contribution in [3.05, 3.63) is 83.4 Å². The number of benzene rings is 3. The van der Waals surface area contributed by atoms with Gasteiger partial charge in [-0.1, -0.05) is 63.6 Å². The first-order chi connectivity index (χ1) is 34.8. The van der Waals surface area contributed by atoms with Crippen molar-refractivity contribution >= 4 is 72.0 Å². The smallest absolute Gasteiger partial charge is 0.493 e. The van der Waals surface area contributed by atoms with Gasteiger partial charge in [0, 0.05) is 71.6 Å². The van der Waals surface area contributed by atoms with Gasteiger partial charge in [-0.2, -0.15) is 21.6 Å². The number of nitrogens with two attached hydrogens (primary N) is 1. The van der Waals surface area contributed by atoms with Crippen LogP contribution in [0.25, 0.3) is 5.57 Å². The van der Waals surface area contributed by atoms with E-state index in [0.717, 1.165) is 29.4 Å². The highest BCUT2D eigenvalue weighted by molar-refractivity contribution is 7.87. The monoisotopic (exact) mass is 1110 g/mol. The Balaban J connectivity index is 1.04. The zero-order valence-corrected chi connectivity index (χ0v) is 46.7. The molecule has 4 N–H and O–H groups in total. The molecule has 4 heterocycles. The van der Waals surface area contributed by atoms with Crippen LogP contribution < -0.4 is 34.5 Å². The lowest BCUT2D eigenvalue weighted by Crippen LogP contribution is -2.48. The van der Waals surface area contributed by atoms with Gasteiger partial charge in [0.1, 0.15) is 36.7 Å². The van der Waals surface area contributed by atoms with E-state index in [2.05, 4.69) is 43.5 Å². The number of methoxy groups -OCH3 is 2. The maximum Gasteiger partial charge on any atom is 0.534 e. The highest BCUT2D eigenvalue weighted by Gasteiger charge is 2.51. The van der Waals surface area contributed by atoms with Crippen molar-refractivity contribution in [2.24, 2.45) is 0 Å². The Kier molecular flexibility index (Phi) is 17.6. The summed E-state index contributed by atoms with van der Waals surface area (Å²) in [5.41, 5.74) is 4.28. The van der Waals surface area contributed by atoms with Crippen LogP contribution in [0.2, 0.25) is 51.4 Å². The van der Waals surface area contributed by atoms with Gasteiger partial charge in [-0.15, -0.1) is 0 Å². The van der Waals surface area contributed by atoms with E-state index >= 15 is 0 Å². The number of hydrogen-bond acceptors (Lipinski definition) is 16. The predicted molar refractivity (Wildman–Crippen MR) is 285 cm³/mol. The number of ether oxygens (including phenoxy) is 6. The van der Waals surface area contributed by atoms with E-state index in [1.54, 1.807) is 40.3 Å². The summed E-state index contributed by atoms with van der Waals surface area (Å²) >= 11 is 5.84. The van der Waals surface area contributed by atoms with Gasteiger partial charge in [0.05, 0.1) is 56.5 Å². The number of carbonyl (C=O) groups excluding carboxylic acids is 1. The second kappa shape index (κ2) is 23.0. The zero-order chi connectivity index (χ0) is 53.9. The standard InChI is InChI=1S/C50H68F3N5O12S2Si2/c1-64-42-24-36-38(57(30-66-18-20-73(3,4)5)47(60)40-22-33(28-55(40)46(36)59)32-12-14-34(54)15-13-32)26-44(42)68-16-10-9-11-17-69-45-27-39-37(25-43(45)65-2)49(71)56-29-35(70-72(62,63)50(51,52)53)23-41(56)48(61)58(39)31-67-19-21-74(6,7)8/h12-15,24-29,40-41,47-48,60-61H,9-11,16-23,30-31,54H2,1-8H3/t40-,41-,47?,48?/m0/s1. The van der Waals surface area contributed by atoms with Gasteiger partial charge in [0.25, 0.3) is 5.91 Å². The number of fused-ring (bicyclic) bond motifs is 4. The number of amides is 1. The normalized spacial score (nSPS) is 20.0. The molecular weight excluding hydrogens is 1040 g/mol. The molecule has 4 atom stereocenters. The molecule has 0 aliphatic carbocycles. The number of rotatable bonds is 23. The number of unbranched alkanes of at least 4 members (excludes halogenated alkanes) is 2. The summed E-state index contributed by atoms with van der Waals surface area (Å²) in [6, 6.07) is 14.2. The molecule has 24 heteroatoms. The molecule has 0 spiro atoms. The zero-order valence-electron chi connectivity index (χ0n) is 43.1. The van der Waals surface area contributed by atoms with E-state index in [0.29, 0.717) is 84.3 Å². The molecule has 0 bridgehead atoms. The summed E-state index contributed by atoms with van der Waals surface area (Å²) in [6.45, 7) is 14.7. The molecule has 7 rings (SSSR count). The lowest BCUT2D eigenvalue weighted by Gasteiger charge is -2.34. The minimum atomic E-state index is -5.98. The van der Waals surface area contributed by atoms with Crippen molar-refractivity contribution in [3.63, 3.8) is 0 Å². The molecule has 17 nitrogen and oxygen atoms in total. The van der Waals surface area contributed by atoms with Crippen LogP contribution in [0.15, 0.2) is 66.7 Å². The Bertz CT molecular complexity index is 2700. The molecule has 2 unspecified atom stereocenters. The first-order valence-electron chi connectivity index (χ1n) is 24.5. The second-order valence-electron chi connectivity index (χ2n) is 21.1. The van der Waals surface area contributed by atoms with Crippen molar-refractivity contribution < 1.29 is 69.2 Å². The van der Waals surface area contributed by atoms with Crippen LogP contribution in [0.4, 0.5) is 30.2 Å². The molecule has 406 valence electrons. The number of alkyl halides is 3. The lowest BCUT2D eigenvalue weighted by molar-refractivity contribution is -0.0523. The number of nitrogens with zero attached hydrogens (tertiary/aromatic N) is 4. The first-order valence-corrected chi connectivity index (χ1v) is 33.7. The van der Waals surface area contributed by atoms with E-state index in [9.17, 15) is 36.6 Å². The van der Waals surface area contributed by atoms with E-state index in [1.807, 2.05) is 24.3 Å². The third kappa shape index (κ3) is 13.1. The number of aliphatic hydroxyl groups is 2. The summed E-state index contributed by atoms with van der Waals surface area (Å²) in [5.74, 6) is 0.534. The number of anilines is 3. The van der Waals surface area contributed by atoms with Gasteiger partial charge in [-0.25, -0.2) is 0 Å². The van der Waals surface area contributed by atoms with E-state index in [-0.39, 0.29) is 43.3 Å². The predicted octanol–water partition coefficient (Wildman–Crippen LogP) is 8.53. The van der Waals surface area contributed by atoms with E-state index in [1.165, 1.54) is 24.0 Å². The number of hydrogen-bond donors (Lipinski definition) is 3. The van der Waals surface area contributed by atoms with Crippen LogP contribution in [0, 0.1) is 0 Å². The molecule has 74 heavy (non-hydrogen) atoms. The fourth-order valence-corrected chi connectivity index (χ4v) is 11.2. The quantitative estimate of drug-likeness (QED) is 0.0204. The summed E-state index contributed by atoms with van der Waals surface area (Å²) in [4.78, 5) is 20.6. The average molecular weight is 1110 g/mol. The van der Waals surface area contributed by atoms with Crippen molar-refractivity contribution in [1.29, 1.82) is 0 Å². The molecule has 0 aromatic heterocycles. The Morgan fingerprint density at radius 2 is 1.20 bits per heavy atom. The minimum Gasteiger partial charge on any atom is -0.493 e. The van der Waals surface area contributed by atoms with E-state index < -0.39 is 68.5 Å². The van der Waals surface area contributed by atoms with Gasteiger partial charge in [-0.05, 0) is 73.2 Å². The third-order valence-corrected chi connectivity index (χ3v) is 18.0. The van der Waals surface area contributed by atoms with Crippen LogP contribution in [0.5, 0.6) is 23.0 Å². The summed E-state index contributed by atoms with van der Waals surface area (Å²) in [5, 5.41) is 24.0. The number of aliphatic hydroxyl groups excluding tert-OH is 2. The average Bonchev–Trinajstić information content (AvgIpc) is 3.94. The molecule has 0 saturated carbocycles. The lowest BCUT2D eigenvalue weighted by atomic mass is 10.0. The number of halogens is 3. The van der Waals surface area contributed by atoms with Crippen molar-refractivity contribution in [2.45, 2.75) is 114 Å². The summed E-state index contributed by atoms with van der Waals surface area (Å²) in [6.07, 6.45) is 2.17. The SMILES string of the molecule is COc1cc2c(cc1OCCCCCOc1cc3c(cc1OC)C(=S)N1C=C(OS(=O)(=O)C(F)(F)F)C[C@H]1C(O)N3COCC[Si](C)(C)C)N(COCC[Si](C)(C)C)C(O)[C@@H]1CC(c3ccc(N)cc3)=CN1C2=O. The number of nitrogen functional groups attached to an aromatic ring is 1. The fraction of sp³-hybridized carbons (Fsp3) is 0.520. The van der Waals surface area contributed by atoms with Crippen LogP contribution >= 0.6 is 12.2 Å². The molecule has 4 aliphatic heterocycles. The summed E-state index contributed by atoms with van der Waals surface area (Å²) in [7, 11) is -5.98. The maximum atomic E-state index is 14.4. The van der Waals surface area contributed by atoms with Crippen molar-refractivity contribution in [3.8, 4) is 23.0 Å². The molecule has 3 aromatic rings. The van der Waals surface area contributed by atoms with Gasteiger partial charge in [-0.3, -0.25) is 4.79 Å². The van der Waals surface area contributed by atoms with Crippen molar-refractivity contribution in [2.75, 3.05) is 69.6 Å². The van der Waals surface area contributed by atoms with Gasteiger partial charge in [0.2, 0.25) is 0 Å². The van der Waals surface area contributed by atoms with Crippen LogP contribution in [-0.2, 0) is 23.8 Å². The molecule has 4 aliphatic rings. The number of thiocarbonyl (C=S) groups is 1. The minimum absolute atomic E-state index is 0.0429. The van der Waals surface area contributed by atoms with E-state index in [4.69, 9.17) is 46.4 Å².